The Kier molecular flexibility index (Phi) is 4.12. The normalized spacial score (nSPS) is 24.2. The van der Waals surface area contributed by atoms with Crippen LogP contribution in [0.15, 0.2) is 30.3 Å². The Morgan fingerprint density at radius 2 is 1.95 bits per heavy atom. The van der Waals surface area contributed by atoms with Gasteiger partial charge in [0.2, 0.25) is 5.91 Å². The van der Waals surface area contributed by atoms with Crippen LogP contribution in [0, 0.1) is 5.41 Å². The predicted molar refractivity (Wildman–Crippen MR) is 76.4 cm³/mol. The summed E-state index contributed by atoms with van der Waals surface area (Å²) < 4.78 is 0. The van der Waals surface area contributed by atoms with E-state index >= 15 is 0 Å². The zero-order chi connectivity index (χ0) is 14.8. The standard InChI is InChI=1S/C16H21NO3/c1-12(13-7-4-3-5-8-13)14(18)17-10-6-9-16(2,11-17)15(19)20/h3-5,7-8,12H,6,9-11H2,1-2H3,(H,19,20)/t12-,16?/m0/s1. The van der Waals surface area contributed by atoms with Gasteiger partial charge in [0.25, 0.3) is 0 Å². The second-order valence-corrected chi connectivity index (χ2v) is 5.86. The van der Waals surface area contributed by atoms with E-state index in [1.165, 1.54) is 0 Å². The van der Waals surface area contributed by atoms with Gasteiger partial charge in [0.1, 0.15) is 0 Å². The van der Waals surface area contributed by atoms with Crippen LogP contribution in [-0.2, 0) is 9.59 Å². The van der Waals surface area contributed by atoms with Crippen LogP contribution in [0.3, 0.4) is 0 Å². The number of likely N-dealkylation sites (tertiary alicyclic amines) is 1. The molecule has 4 nitrogen and oxygen atoms in total. The lowest BCUT2D eigenvalue weighted by molar-refractivity contribution is -0.153. The number of hydrogen-bond donors (Lipinski definition) is 1. The van der Waals surface area contributed by atoms with Gasteiger partial charge < -0.3 is 10.0 Å². The molecule has 0 aliphatic carbocycles. The van der Waals surface area contributed by atoms with Gasteiger partial charge in [-0.2, -0.15) is 0 Å². The molecule has 1 aromatic rings. The molecule has 0 saturated carbocycles. The summed E-state index contributed by atoms with van der Waals surface area (Å²) in [7, 11) is 0. The van der Waals surface area contributed by atoms with Crippen molar-refractivity contribution < 1.29 is 14.7 Å². The van der Waals surface area contributed by atoms with Crippen LogP contribution >= 0.6 is 0 Å². The first kappa shape index (κ1) is 14.6. The number of nitrogens with zero attached hydrogens (tertiary/aromatic N) is 1. The van der Waals surface area contributed by atoms with Crippen molar-refractivity contribution in [3.63, 3.8) is 0 Å². The molecular formula is C16H21NO3. The lowest BCUT2D eigenvalue weighted by Gasteiger charge is -2.38. The van der Waals surface area contributed by atoms with Gasteiger partial charge in [-0.1, -0.05) is 30.3 Å². The van der Waals surface area contributed by atoms with Crippen LogP contribution in [-0.4, -0.2) is 35.0 Å². The predicted octanol–water partition coefficient (Wildman–Crippen LogP) is 2.50. The SMILES string of the molecule is C[C@H](C(=O)N1CCCC(C)(C(=O)O)C1)c1ccccc1. The summed E-state index contributed by atoms with van der Waals surface area (Å²) in [6.07, 6.45) is 1.38. The molecule has 0 bridgehead atoms. The third kappa shape index (κ3) is 2.84. The highest BCUT2D eigenvalue weighted by Crippen LogP contribution is 2.31. The summed E-state index contributed by atoms with van der Waals surface area (Å²) >= 11 is 0. The van der Waals surface area contributed by atoms with E-state index in [9.17, 15) is 14.7 Å². The van der Waals surface area contributed by atoms with Gasteiger partial charge in [-0.25, -0.2) is 0 Å². The maximum Gasteiger partial charge on any atom is 0.311 e. The summed E-state index contributed by atoms with van der Waals surface area (Å²) in [5, 5.41) is 9.31. The first-order valence-electron chi connectivity index (χ1n) is 7.01. The minimum atomic E-state index is -0.817. The van der Waals surface area contributed by atoms with Crippen molar-refractivity contribution in [2.75, 3.05) is 13.1 Å². The number of benzene rings is 1. The minimum Gasteiger partial charge on any atom is -0.481 e. The van der Waals surface area contributed by atoms with Crippen molar-refractivity contribution in [1.82, 2.24) is 4.90 Å². The van der Waals surface area contributed by atoms with Gasteiger partial charge in [0, 0.05) is 13.1 Å². The van der Waals surface area contributed by atoms with Crippen LogP contribution in [0.25, 0.3) is 0 Å². The lowest BCUT2D eigenvalue weighted by Crippen LogP contribution is -2.49. The number of carboxylic acid groups (broad SMARTS) is 1. The number of carboxylic acids is 1. The average molecular weight is 275 g/mol. The van der Waals surface area contributed by atoms with Gasteiger partial charge in [-0.3, -0.25) is 9.59 Å². The van der Waals surface area contributed by atoms with E-state index in [1.54, 1.807) is 11.8 Å². The smallest absolute Gasteiger partial charge is 0.311 e. The molecule has 1 amide bonds. The molecule has 1 saturated heterocycles. The van der Waals surface area contributed by atoms with Crippen molar-refractivity contribution >= 4 is 11.9 Å². The van der Waals surface area contributed by atoms with Crippen molar-refractivity contribution in [3.8, 4) is 0 Å². The van der Waals surface area contributed by atoms with E-state index in [-0.39, 0.29) is 11.8 Å². The highest BCUT2D eigenvalue weighted by atomic mass is 16.4. The summed E-state index contributed by atoms with van der Waals surface area (Å²) in [5.74, 6) is -1.03. The maximum absolute atomic E-state index is 12.5. The molecule has 2 rings (SSSR count). The average Bonchev–Trinajstić information content (AvgIpc) is 2.46. The molecule has 1 unspecified atom stereocenters. The van der Waals surface area contributed by atoms with Crippen LogP contribution in [0.1, 0.15) is 38.2 Å². The molecule has 0 radical (unpaired) electrons. The topological polar surface area (TPSA) is 57.6 Å². The maximum atomic E-state index is 12.5. The summed E-state index contributed by atoms with van der Waals surface area (Å²) in [5.41, 5.74) is 0.157. The van der Waals surface area contributed by atoms with Gasteiger partial charge in [-0.05, 0) is 32.3 Å². The third-order valence-electron chi connectivity index (χ3n) is 4.19. The Balaban J connectivity index is 2.11. The van der Waals surface area contributed by atoms with Gasteiger partial charge in [0.05, 0.1) is 11.3 Å². The number of hydrogen-bond acceptors (Lipinski definition) is 2. The molecule has 0 aromatic heterocycles. The molecule has 1 fully saturated rings. The Bertz CT molecular complexity index is 500. The van der Waals surface area contributed by atoms with Crippen molar-refractivity contribution in [2.45, 2.75) is 32.6 Å². The van der Waals surface area contributed by atoms with Crippen molar-refractivity contribution in [3.05, 3.63) is 35.9 Å². The van der Waals surface area contributed by atoms with Crippen LogP contribution in [0.5, 0.6) is 0 Å². The fourth-order valence-corrected chi connectivity index (χ4v) is 2.76. The lowest BCUT2D eigenvalue weighted by atomic mass is 9.81. The van der Waals surface area contributed by atoms with E-state index in [0.717, 1.165) is 12.0 Å². The number of amides is 1. The molecule has 0 spiro atoms. The largest absolute Gasteiger partial charge is 0.481 e. The van der Waals surface area contributed by atoms with Crippen LogP contribution < -0.4 is 0 Å². The molecule has 1 N–H and O–H groups in total. The fraction of sp³-hybridized carbons (Fsp3) is 0.500. The van der Waals surface area contributed by atoms with Gasteiger partial charge >= 0.3 is 5.97 Å². The van der Waals surface area contributed by atoms with E-state index in [1.807, 2.05) is 37.3 Å². The molecule has 2 atom stereocenters. The first-order chi connectivity index (χ1) is 9.44. The second-order valence-electron chi connectivity index (χ2n) is 5.86. The van der Waals surface area contributed by atoms with Crippen molar-refractivity contribution in [1.29, 1.82) is 0 Å². The molecule has 20 heavy (non-hydrogen) atoms. The fourth-order valence-electron chi connectivity index (χ4n) is 2.76. The highest BCUT2D eigenvalue weighted by molar-refractivity contribution is 5.84. The Hall–Kier alpha value is -1.84. The monoisotopic (exact) mass is 275 g/mol. The van der Waals surface area contributed by atoms with E-state index in [2.05, 4.69) is 0 Å². The minimum absolute atomic E-state index is 0.0170. The highest BCUT2D eigenvalue weighted by Gasteiger charge is 2.40. The number of carbonyl (C=O) groups excluding carboxylic acids is 1. The molecule has 1 aliphatic rings. The van der Waals surface area contributed by atoms with E-state index in [4.69, 9.17) is 0 Å². The Labute approximate surface area is 119 Å². The van der Waals surface area contributed by atoms with Gasteiger partial charge in [-0.15, -0.1) is 0 Å². The quantitative estimate of drug-likeness (QED) is 0.922. The van der Waals surface area contributed by atoms with Gasteiger partial charge in [0.15, 0.2) is 0 Å². The van der Waals surface area contributed by atoms with E-state index in [0.29, 0.717) is 19.5 Å². The molecule has 1 heterocycles. The molecule has 4 heteroatoms. The molecule has 1 aliphatic heterocycles. The summed E-state index contributed by atoms with van der Waals surface area (Å²) in [4.78, 5) is 25.6. The Morgan fingerprint density at radius 3 is 2.55 bits per heavy atom. The van der Waals surface area contributed by atoms with Crippen molar-refractivity contribution in [2.24, 2.45) is 5.41 Å². The molecule has 108 valence electrons. The summed E-state index contributed by atoms with van der Waals surface area (Å²) in [6, 6.07) is 9.61. The second kappa shape index (κ2) is 5.65. The van der Waals surface area contributed by atoms with E-state index < -0.39 is 11.4 Å². The number of piperidine rings is 1. The number of aliphatic carboxylic acids is 1. The Morgan fingerprint density at radius 1 is 1.30 bits per heavy atom. The number of rotatable bonds is 3. The summed E-state index contributed by atoms with van der Waals surface area (Å²) in [6.45, 7) is 4.56. The number of carbonyl (C=O) groups is 2. The molecule has 1 aromatic carbocycles. The van der Waals surface area contributed by atoms with Crippen LogP contribution in [0.4, 0.5) is 0 Å². The molecular weight excluding hydrogens is 254 g/mol. The zero-order valence-corrected chi connectivity index (χ0v) is 12.0. The first-order valence-corrected chi connectivity index (χ1v) is 7.01. The zero-order valence-electron chi connectivity index (χ0n) is 12.0. The van der Waals surface area contributed by atoms with Crippen LogP contribution in [0.2, 0.25) is 0 Å². The third-order valence-corrected chi connectivity index (χ3v) is 4.19.